The zero-order valence-corrected chi connectivity index (χ0v) is 21.1. The Balaban J connectivity index is 0.00000216. The Morgan fingerprint density at radius 3 is 2.26 bits per heavy atom. The van der Waals surface area contributed by atoms with Crippen molar-refractivity contribution in [3.63, 3.8) is 0 Å². The summed E-state index contributed by atoms with van der Waals surface area (Å²) in [6.45, 7) is 0. The minimum Gasteiger partial charge on any atom is -0.508 e. The molecule has 1 heterocycles. The quantitative estimate of drug-likeness (QED) is 0.340. The summed E-state index contributed by atoms with van der Waals surface area (Å²) >= 11 is 0. The van der Waals surface area contributed by atoms with Crippen LogP contribution >= 0.6 is 24.8 Å². The summed E-state index contributed by atoms with van der Waals surface area (Å²) < 4.78 is 0. The summed E-state index contributed by atoms with van der Waals surface area (Å²) in [5.41, 5.74) is 2.17. The summed E-state index contributed by atoms with van der Waals surface area (Å²) in [7, 11) is 6.60. The number of hydrogen-bond donors (Lipinski definition) is 5. The highest BCUT2D eigenvalue weighted by atomic mass is 35.5. The highest BCUT2D eigenvalue weighted by Gasteiger charge is 2.64. The van der Waals surface area contributed by atoms with Gasteiger partial charge in [-0.05, 0) is 32.9 Å². The van der Waals surface area contributed by atoms with E-state index < -0.39 is 58.0 Å². The van der Waals surface area contributed by atoms with Crippen LogP contribution in [0.2, 0.25) is 0 Å². The van der Waals surface area contributed by atoms with Crippen molar-refractivity contribution in [1.82, 2.24) is 9.88 Å². The number of fused-ring (bicyclic) bond motifs is 3. The molecule has 11 nitrogen and oxygen atoms in total. The van der Waals surface area contributed by atoms with Crippen LogP contribution in [-0.2, 0) is 20.8 Å². The highest BCUT2D eigenvalue weighted by Crippen LogP contribution is 2.53. The molecule has 4 rings (SSSR count). The topological polar surface area (TPSA) is 178 Å². The Hall–Kier alpha value is -2.86. The summed E-state index contributed by atoms with van der Waals surface area (Å²) in [6.07, 6.45) is 1.39. The van der Waals surface area contributed by atoms with Crippen LogP contribution in [0.25, 0.3) is 5.76 Å². The second kappa shape index (κ2) is 9.30. The van der Waals surface area contributed by atoms with Gasteiger partial charge in [0.25, 0.3) is 5.91 Å². The maximum Gasteiger partial charge on any atom is 0.255 e. The zero-order valence-electron chi connectivity index (χ0n) is 19.5. The predicted octanol–water partition coefficient (Wildman–Crippen LogP) is 0.269. The van der Waals surface area contributed by atoms with Crippen molar-refractivity contribution < 1.29 is 34.8 Å². The number of nitrogens with two attached hydrogens (primary N) is 1. The van der Waals surface area contributed by atoms with Crippen molar-refractivity contribution in [2.75, 3.05) is 33.1 Å². The number of nitrogens with zero attached hydrogens (tertiary/aromatic N) is 3. The lowest BCUT2D eigenvalue weighted by Crippen LogP contribution is -2.65. The SMILES string of the molecule is CN(C)c1ncc(O)c2c1C[C@H]1C[C@H]3[C@H](N(C)C)C(=O)C(C(N)=O)=C(O)[C@@]3(O)C(=O)C1=C2O.Cl.Cl. The first-order valence-electron chi connectivity index (χ1n) is 10.4. The summed E-state index contributed by atoms with van der Waals surface area (Å²) in [6, 6.07) is -1.11. The highest BCUT2D eigenvalue weighted by molar-refractivity contribution is 6.24. The number of hydrogen-bond acceptors (Lipinski definition) is 10. The molecule has 0 aromatic carbocycles. The fraction of sp³-hybridized carbons (Fsp3) is 0.455. The average molecular weight is 531 g/mol. The number of carbonyl (C=O) groups is 3. The van der Waals surface area contributed by atoms with Gasteiger partial charge in [0.1, 0.15) is 28.7 Å². The molecule has 13 heteroatoms. The minimum atomic E-state index is -2.64. The summed E-state index contributed by atoms with van der Waals surface area (Å²) in [4.78, 5) is 46.1. The van der Waals surface area contributed by atoms with Crippen LogP contribution in [0.1, 0.15) is 17.5 Å². The van der Waals surface area contributed by atoms with Gasteiger partial charge in [-0.2, -0.15) is 0 Å². The lowest BCUT2D eigenvalue weighted by atomic mass is 9.57. The van der Waals surface area contributed by atoms with E-state index in [0.717, 1.165) is 6.20 Å². The van der Waals surface area contributed by atoms with Crippen LogP contribution in [0.4, 0.5) is 5.82 Å². The number of aliphatic hydroxyl groups excluding tert-OH is 2. The number of Topliss-reactive ketones (excluding diaryl/α,β-unsaturated/α-hetero) is 2. The van der Waals surface area contributed by atoms with Crippen molar-refractivity contribution in [2.45, 2.75) is 24.5 Å². The van der Waals surface area contributed by atoms with Gasteiger partial charge in [0.15, 0.2) is 11.4 Å². The van der Waals surface area contributed by atoms with Gasteiger partial charge >= 0.3 is 0 Å². The van der Waals surface area contributed by atoms with Gasteiger partial charge in [-0.1, -0.05) is 0 Å². The lowest BCUT2D eigenvalue weighted by Gasteiger charge is -2.50. The molecule has 1 fully saturated rings. The number of aliphatic hydroxyl groups is 3. The molecule has 1 aromatic rings. The van der Waals surface area contributed by atoms with Crippen LogP contribution in [0, 0.1) is 11.8 Å². The number of anilines is 1. The molecule has 0 saturated heterocycles. The fourth-order valence-electron chi connectivity index (χ4n) is 5.51. The van der Waals surface area contributed by atoms with Crippen LogP contribution in [0.3, 0.4) is 0 Å². The van der Waals surface area contributed by atoms with Crippen LogP contribution in [0.5, 0.6) is 5.75 Å². The third-order valence-corrected chi connectivity index (χ3v) is 6.87. The number of primary amides is 1. The fourth-order valence-corrected chi connectivity index (χ4v) is 5.51. The predicted molar refractivity (Wildman–Crippen MR) is 131 cm³/mol. The molecule has 1 amide bonds. The number of likely N-dealkylation sites (N-methyl/N-ethyl adjacent to an activating group) is 1. The summed E-state index contributed by atoms with van der Waals surface area (Å²) in [5.74, 6) is -6.31. The molecule has 3 aliphatic carbocycles. The van der Waals surface area contributed by atoms with Gasteiger partial charge in [-0.25, -0.2) is 4.98 Å². The van der Waals surface area contributed by atoms with E-state index in [2.05, 4.69) is 4.98 Å². The molecule has 1 aromatic heterocycles. The molecule has 0 unspecified atom stereocenters. The molecule has 0 spiro atoms. The molecule has 4 atom stereocenters. The molecule has 1 saturated carbocycles. The van der Waals surface area contributed by atoms with Gasteiger partial charge in [-0.3, -0.25) is 19.3 Å². The first-order valence-corrected chi connectivity index (χ1v) is 10.4. The molecule has 192 valence electrons. The van der Waals surface area contributed by atoms with E-state index in [4.69, 9.17) is 5.73 Å². The Labute approximate surface area is 213 Å². The zero-order chi connectivity index (χ0) is 24.6. The molecule has 0 bridgehead atoms. The van der Waals surface area contributed by atoms with Crippen molar-refractivity contribution in [1.29, 1.82) is 0 Å². The Morgan fingerprint density at radius 1 is 1.14 bits per heavy atom. The summed E-state index contributed by atoms with van der Waals surface area (Å²) in [5, 5.41) is 43.8. The van der Waals surface area contributed by atoms with E-state index >= 15 is 0 Å². The van der Waals surface area contributed by atoms with Gasteiger partial charge in [0, 0.05) is 31.1 Å². The van der Waals surface area contributed by atoms with E-state index in [1.54, 1.807) is 33.1 Å². The maximum absolute atomic E-state index is 13.7. The van der Waals surface area contributed by atoms with Crippen LogP contribution < -0.4 is 10.6 Å². The van der Waals surface area contributed by atoms with Crippen molar-refractivity contribution >= 4 is 53.9 Å². The third kappa shape index (κ3) is 3.74. The van der Waals surface area contributed by atoms with Crippen LogP contribution in [0.15, 0.2) is 23.1 Å². The van der Waals surface area contributed by atoms with E-state index in [0.29, 0.717) is 11.4 Å². The number of halogens is 2. The van der Waals surface area contributed by atoms with Crippen molar-refractivity contribution in [2.24, 2.45) is 17.6 Å². The van der Waals surface area contributed by atoms with E-state index in [9.17, 15) is 34.8 Å². The molecule has 35 heavy (non-hydrogen) atoms. The number of rotatable bonds is 3. The van der Waals surface area contributed by atoms with Crippen molar-refractivity contribution in [3.05, 3.63) is 34.2 Å². The average Bonchev–Trinajstić information content (AvgIpc) is 2.70. The molecular weight excluding hydrogens is 503 g/mol. The molecule has 6 N–H and O–H groups in total. The number of carbonyl (C=O) groups excluding carboxylic acids is 3. The second-order valence-corrected chi connectivity index (χ2v) is 9.18. The second-order valence-electron chi connectivity index (χ2n) is 9.18. The lowest BCUT2D eigenvalue weighted by molar-refractivity contribution is -0.153. The molecule has 0 radical (unpaired) electrons. The van der Waals surface area contributed by atoms with E-state index in [-0.39, 0.29) is 54.5 Å². The number of amides is 1. The van der Waals surface area contributed by atoms with E-state index in [1.807, 2.05) is 0 Å². The van der Waals surface area contributed by atoms with Crippen molar-refractivity contribution in [3.8, 4) is 5.75 Å². The number of pyridine rings is 1. The van der Waals surface area contributed by atoms with Crippen LogP contribution in [-0.4, -0.2) is 87.6 Å². The minimum absolute atomic E-state index is 0. The monoisotopic (exact) mass is 530 g/mol. The molecular formula is C22H28Cl2N4O7. The third-order valence-electron chi connectivity index (χ3n) is 6.87. The smallest absolute Gasteiger partial charge is 0.255 e. The van der Waals surface area contributed by atoms with E-state index in [1.165, 1.54) is 4.90 Å². The number of aromatic nitrogens is 1. The first-order chi connectivity index (χ1) is 15.3. The maximum atomic E-state index is 13.7. The van der Waals surface area contributed by atoms with Gasteiger partial charge in [0.2, 0.25) is 5.78 Å². The molecule has 3 aliphatic rings. The first kappa shape index (κ1) is 28.4. The number of aromatic hydroxyl groups is 1. The van der Waals surface area contributed by atoms with Gasteiger partial charge in [0.05, 0.1) is 17.8 Å². The normalized spacial score (nSPS) is 27.4. The Bertz CT molecular complexity index is 1180. The number of ketones is 2. The Morgan fingerprint density at radius 2 is 1.74 bits per heavy atom. The Kier molecular flexibility index (Phi) is 7.54. The largest absolute Gasteiger partial charge is 0.508 e. The standard InChI is InChI=1S/C22H26N4O7.2ClH/c1-25(2)15-10-6-8-5-9-13(11(27)7-24-21(9)26(3)4)16(28)12(8)18(30)22(10,33)19(31)14(17(15)29)20(23)32;;/h7-8,10,15,27-28,31,33H,5-6H2,1-4H3,(H2,23,32);2*1H/t8-,10-,15-,22-;;/m0../s1. The van der Waals surface area contributed by atoms with Gasteiger partial charge < -0.3 is 31.1 Å². The molecule has 0 aliphatic heterocycles. The van der Waals surface area contributed by atoms with Gasteiger partial charge in [-0.15, -0.1) is 24.8 Å².